The van der Waals surface area contributed by atoms with Crippen molar-refractivity contribution in [2.24, 2.45) is 0 Å². The normalized spacial score (nSPS) is 13.6. The van der Waals surface area contributed by atoms with Gasteiger partial charge in [-0.05, 0) is 6.92 Å². The Morgan fingerprint density at radius 1 is 1.70 bits per heavy atom. The van der Waals surface area contributed by atoms with E-state index < -0.39 is 5.97 Å². The van der Waals surface area contributed by atoms with Crippen LogP contribution in [0.15, 0.2) is 0 Å². The van der Waals surface area contributed by atoms with Crippen LogP contribution in [0, 0.1) is 0 Å². The fourth-order valence-corrected chi connectivity index (χ4v) is 0.748. The lowest BCUT2D eigenvalue weighted by molar-refractivity contribution is -0.137. The van der Waals surface area contributed by atoms with Crippen molar-refractivity contribution in [1.29, 1.82) is 0 Å². The SMILES string of the molecule is CC(CC(=O)O)NN(C)C. The van der Waals surface area contributed by atoms with Gasteiger partial charge in [0.05, 0.1) is 6.42 Å². The van der Waals surface area contributed by atoms with E-state index in [4.69, 9.17) is 5.11 Å². The van der Waals surface area contributed by atoms with E-state index in [-0.39, 0.29) is 12.5 Å². The van der Waals surface area contributed by atoms with E-state index in [1.807, 2.05) is 21.0 Å². The van der Waals surface area contributed by atoms with Gasteiger partial charge in [-0.3, -0.25) is 15.2 Å². The van der Waals surface area contributed by atoms with Crippen molar-refractivity contribution in [3.63, 3.8) is 0 Å². The molecule has 60 valence electrons. The molecular weight excluding hydrogens is 132 g/mol. The van der Waals surface area contributed by atoms with Crippen molar-refractivity contribution in [3.05, 3.63) is 0 Å². The molecule has 0 heterocycles. The van der Waals surface area contributed by atoms with Crippen molar-refractivity contribution in [1.82, 2.24) is 10.4 Å². The lowest BCUT2D eigenvalue weighted by Crippen LogP contribution is -2.39. The molecule has 0 saturated carbocycles. The third-order valence-corrected chi connectivity index (χ3v) is 0.959. The zero-order valence-electron chi connectivity index (χ0n) is 6.59. The van der Waals surface area contributed by atoms with E-state index in [9.17, 15) is 4.79 Å². The summed E-state index contributed by atoms with van der Waals surface area (Å²) in [6.07, 6.45) is 0.151. The molecule has 4 nitrogen and oxygen atoms in total. The molecule has 0 amide bonds. The van der Waals surface area contributed by atoms with Crippen molar-refractivity contribution >= 4 is 5.97 Å². The van der Waals surface area contributed by atoms with E-state index in [1.165, 1.54) is 0 Å². The number of hydrogen-bond donors (Lipinski definition) is 2. The number of carboxylic acids is 1. The Labute approximate surface area is 60.8 Å². The molecule has 0 rings (SSSR count). The van der Waals surface area contributed by atoms with Gasteiger partial charge in [-0.1, -0.05) is 0 Å². The molecule has 0 radical (unpaired) electrons. The summed E-state index contributed by atoms with van der Waals surface area (Å²) in [6.45, 7) is 1.83. The van der Waals surface area contributed by atoms with Crippen LogP contribution >= 0.6 is 0 Å². The predicted octanol–water partition coefficient (Wildman–Crippen LogP) is -0.0842. The number of nitrogens with one attached hydrogen (secondary N) is 1. The highest BCUT2D eigenvalue weighted by molar-refractivity contribution is 5.67. The van der Waals surface area contributed by atoms with Gasteiger partial charge in [-0.25, -0.2) is 0 Å². The Kier molecular flexibility index (Phi) is 3.99. The third-order valence-electron chi connectivity index (χ3n) is 0.959. The number of carbonyl (C=O) groups is 1. The van der Waals surface area contributed by atoms with Crippen LogP contribution in [-0.4, -0.2) is 36.2 Å². The summed E-state index contributed by atoms with van der Waals surface area (Å²) in [4.78, 5) is 10.1. The van der Waals surface area contributed by atoms with Crippen LogP contribution in [0.1, 0.15) is 13.3 Å². The minimum absolute atomic E-state index is 0.00694. The second kappa shape index (κ2) is 4.24. The molecule has 0 aromatic rings. The molecular formula is C6H14N2O2. The van der Waals surface area contributed by atoms with Gasteiger partial charge in [0.2, 0.25) is 0 Å². The number of nitrogens with zero attached hydrogens (tertiary/aromatic N) is 1. The van der Waals surface area contributed by atoms with E-state index in [2.05, 4.69) is 5.43 Å². The van der Waals surface area contributed by atoms with Crippen LogP contribution in [0.25, 0.3) is 0 Å². The molecule has 1 unspecified atom stereocenters. The van der Waals surface area contributed by atoms with Gasteiger partial charge in [-0.15, -0.1) is 0 Å². The van der Waals surface area contributed by atoms with Gasteiger partial charge in [-0.2, -0.15) is 0 Å². The summed E-state index contributed by atoms with van der Waals surface area (Å²) in [5.74, 6) is -0.776. The Morgan fingerprint density at radius 2 is 2.20 bits per heavy atom. The molecule has 0 aliphatic carbocycles. The van der Waals surface area contributed by atoms with Crippen molar-refractivity contribution in [2.45, 2.75) is 19.4 Å². The number of hydrogen-bond acceptors (Lipinski definition) is 3. The molecule has 0 aliphatic rings. The van der Waals surface area contributed by atoms with Crippen LogP contribution < -0.4 is 5.43 Å². The highest BCUT2D eigenvalue weighted by Gasteiger charge is 2.06. The zero-order valence-corrected chi connectivity index (χ0v) is 6.59. The van der Waals surface area contributed by atoms with Gasteiger partial charge in [0.1, 0.15) is 0 Å². The highest BCUT2D eigenvalue weighted by atomic mass is 16.4. The largest absolute Gasteiger partial charge is 0.481 e. The maximum absolute atomic E-state index is 10.1. The topological polar surface area (TPSA) is 52.6 Å². The minimum atomic E-state index is -0.776. The molecule has 0 aromatic carbocycles. The molecule has 4 heteroatoms. The molecule has 0 aromatic heterocycles. The monoisotopic (exact) mass is 146 g/mol. The Hall–Kier alpha value is -0.610. The summed E-state index contributed by atoms with van der Waals surface area (Å²) in [5.41, 5.74) is 2.93. The van der Waals surface area contributed by atoms with Crippen LogP contribution in [0.5, 0.6) is 0 Å². The lowest BCUT2D eigenvalue weighted by Gasteiger charge is -2.17. The van der Waals surface area contributed by atoms with E-state index in [0.29, 0.717) is 0 Å². The van der Waals surface area contributed by atoms with Crippen molar-refractivity contribution in [3.8, 4) is 0 Å². The Bertz CT molecular complexity index is 114. The summed E-state index contributed by atoms with van der Waals surface area (Å²) in [6, 6.07) is -0.00694. The average molecular weight is 146 g/mol. The molecule has 1 atom stereocenters. The first-order valence-electron chi connectivity index (χ1n) is 3.17. The fourth-order valence-electron chi connectivity index (χ4n) is 0.748. The van der Waals surface area contributed by atoms with E-state index in [1.54, 1.807) is 5.01 Å². The molecule has 2 N–H and O–H groups in total. The average Bonchev–Trinajstić information content (AvgIpc) is 1.58. The first-order chi connectivity index (χ1) is 4.52. The van der Waals surface area contributed by atoms with Crippen molar-refractivity contribution < 1.29 is 9.90 Å². The second-order valence-corrected chi connectivity index (χ2v) is 2.52. The predicted molar refractivity (Wildman–Crippen MR) is 38.5 cm³/mol. The fraction of sp³-hybridized carbons (Fsp3) is 0.833. The van der Waals surface area contributed by atoms with Gasteiger partial charge in [0.25, 0.3) is 0 Å². The van der Waals surface area contributed by atoms with Gasteiger partial charge in [0.15, 0.2) is 0 Å². The zero-order chi connectivity index (χ0) is 8.15. The van der Waals surface area contributed by atoms with Gasteiger partial charge in [0, 0.05) is 20.1 Å². The molecule has 0 fully saturated rings. The quantitative estimate of drug-likeness (QED) is 0.544. The summed E-state index contributed by atoms with van der Waals surface area (Å²) in [7, 11) is 3.66. The lowest BCUT2D eigenvalue weighted by atomic mass is 10.2. The Morgan fingerprint density at radius 3 is 2.50 bits per heavy atom. The molecule has 0 spiro atoms. The maximum Gasteiger partial charge on any atom is 0.304 e. The summed E-state index contributed by atoms with van der Waals surface area (Å²) >= 11 is 0. The molecule has 0 saturated heterocycles. The smallest absolute Gasteiger partial charge is 0.304 e. The molecule has 0 bridgehead atoms. The number of aliphatic carboxylic acids is 1. The van der Waals surface area contributed by atoms with Crippen LogP contribution in [0.2, 0.25) is 0 Å². The first-order valence-corrected chi connectivity index (χ1v) is 3.17. The standard InChI is InChI=1S/C6H14N2O2/c1-5(4-6(9)10)7-8(2)3/h5,7H,4H2,1-3H3,(H,9,10). The van der Waals surface area contributed by atoms with E-state index in [0.717, 1.165) is 0 Å². The number of rotatable bonds is 4. The molecule has 0 aliphatic heterocycles. The Balaban J connectivity index is 3.43. The van der Waals surface area contributed by atoms with Crippen LogP contribution in [-0.2, 0) is 4.79 Å². The van der Waals surface area contributed by atoms with Crippen LogP contribution in [0.3, 0.4) is 0 Å². The van der Waals surface area contributed by atoms with Crippen molar-refractivity contribution in [2.75, 3.05) is 14.1 Å². The summed E-state index contributed by atoms with van der Waals surface area (Å²) < 4.78 is 0. The van der Waals surface area contributed by atoms with Gasteiger partial charge >= 0.3 is 5.97 Å². The van der Waals surface area contributed by atoms with Gasteiger partial charge < -0.3 is 5.11 Å². The third kappa shape index (κ3) is 5.53. The molecule has 10 heavy (non-hydrogen) atoms. The first kappa shape index (κ1) is 9.39. The highest BCUT2D eigenvalue weighted by Crippen LogP contribution is 1.89. The minimum Gasteiger partial charge on any atom is -0.481 e. The second-order valence-electron chi connectivity index (χ2n) is 2.52. The maximum atomic E-state index is 10.1. The number of hydrazine groups is 1. The summed E-state index contributed by atoms with van der Waals surface area (Å²) in [5, 5.41) is 10.1. The van der Waals surface area contributed by atoms with Crippen LogP contribution in [0.4, 0.5) is 0 Å². The van der Waals surface area contributed by atoms with E-state index >= 15 is 0 Å². The number of carboxylic acid groups (broad SMARTS) is 1.